The number of amides is 1. The molecule has 5 nitrogen and oxygen atoms in total. The summed E-state index contributed by atoms with van der Waals surface area (Å²) in [5.74, 6) is 0.415. The smallest absolute Gasteiger partial charge is 0.217 e. The molecule has 1 heterocycles. The Labute approximate surface area is 98.5 Å². The summed E-state index contributed by atoms with van der Waals surface area (Å²) in [6.07, 6.45) is 0. The van der Waals surface area contributed by atoms with Gasteiger partial charge in [-0.2, -0.15) is 0 Å². The summed E-state index contributed by atoms with van der Waals surface area (Å²) in [7, 11) is 0. The number of nitrogens with one attached hydrogen (secondary N) is 1. The van der Waals surface area contributed by atoms with Gasteiger partial charge >= 0.3 is 0 Å². The molecule has 0 aliphatic heterocycles. The van der Waals surface area contributed by atoms with E-state index in [0.717, 1.165) is 11.1 Å². The van der Waals surface area contributed by atoms with E-state index in [2.05, 4.69) is 10.3 Å². The van der Waals surface area contributed by atoms with Crippen molar-refractivity contribution in [2.75, 3.05) is 6.61 Å². The van der Waals surface area contributed by atoms with Gasteiger partial charge in [0.1, 0.15) is 5.52 Å². The molecular weight excluding hydrogens is 220 g/mol. The van der Waals surface area contributed by atoms with Crippen molar-refractivity contribution >= 4 is 17.0 Å². The second-order valence-corrected chi connectivity index (χ2v) is 3.90. The van der Waals surface area contributed by atoms with Crippen molar-refractivity contribution in [2.24, 2.45) is 0 Å². The number of hydrogen-bond donors (Lipinski definition) is 2. The van der Waals surface area contributed by atoms with E-state index in [1.165, 1.54) is 6.92 Å². The number of fused-ring (bicyclic) bond motifs is 1. The van der Waals surface area contributed by atoms with Crippen molar-refractivity contribution < 1.29 is 14.3 Å². The summed E-state index contributed by atoms with van der Waals surface area (Å²) >= 11 is 0. The van der Waals surface area contributed by atoms with Gasteiger partial charge in [0.25, 0.3) is 0 Å². The van der Waals surface area contributed by atoms with Gasteiger partial charge in [-0.15, -0.1) is 0 Å². The van der Waals surface area contributed by atoms with Crippen LogP contribution in [-0.4, -0.2) is 22.6 Å². The summed E-state index contributed by atoms with van der Waals surface area (Å²) in [6, 6.07) is 5.00. The zero-order valence-corrected chi connectivity index (χ0v) is 9.73. The molecule has 5 heteroatoms. The fourth-order valence-corrected chi connectivity index (χ4v) is 1.76. The number of aliphatic hydroxyl groups is 1. The Bertz CT molecular complexity index is 548. The molecule has 0 aliphatic carbocycles. The minimum Gasteiger partial charge on any atom is -0.441 e. The van der Waals surface area contributed by atoms with Gasteiger partial charge in [0.2, 0.25) is 5.91 Å². The van der Waals surface area contributed by atoms with Crippen LogP contribution >= 0.6 is 0 Å². The molecule has 2 rings (SSSR count). The highest BCUT2D eigenvalue weighted by atomic mass is 16.3. The van der Waals surface area contributed by atoms with Gasteiger partial charge < -0.3 is 14.8 Å². The lowest BCUT2D eigenvalue weighted by Gasteiger charge is -2.15. The van der Waals surface area contributed by atoms with Crippen molar-refractivity contribution in [1.29, 1.82) is 0 Å². The van der Waals surface area contributed by atoms with E-state index in [0.29, 0.717) is 11.5 Å². The lowest BCUT2D eigenvalue weighted by Crippen LogP contribution is -2.28. The highest BCUT2D eigenvalue weighted by Crippen LogP contribution is 2.20. The van der Waals surface area contributed by atoms with E-state index >= 15 is 0 Å². The third-order valence-electron chi connectivity index (χ3n) is 2.48. The number of aromatic nitrogens is 1. The second-order valence-electron chi connectivity index (χ2n) is 3.90. The first-order valence-corrected chi connectivity index (χ1v) is 5.35. The fourth-order valence-electron chi connectivity index (χ4n) is 1.76. The Morgan fingerprint density at radius 1 is 1.59 bits per heavy atom. The molecule has 0 bridgehead atoms. The van der Waals surface area contributed by atoms with Crippen LogP contribution in [-0.2, 0) is 4.79 Å². The zero-order chi connectivity index (χ0) is 12.4. The topological polar surface area (TPSA) is 75.4 Å². The normalized spacial score (nSPS) is 12.6. The number of benzene rings is 1. The van der Waals surface area contributed by atoms with Gasteiger partial charge in [-0.3, -0.25) is 4.79 Å². The van der Waals surface area contributed by atoms with Gasteiger partial charge in [0.05, 0.1) is 12.6 Å². The molecule has 1 unspecified atom stereocenters. The third kappa shape index (κ3) is 2.45. The SMILES string of the molecule is CC(=O)NC(CO)c1ccc2oc(C)nc2c1. The maximum Gasteiger partial charge on any atom is 0.217 e. The largest absolute Gasteiger partial charge is 0.441 e. The molecule has 0 saturated carbocycles. The van der Waals surface area contributed by atoms with E-state index in [1.807, 2.05) is 12.1 Å². The monoisotopic (exact) mass is 234 g/mol. The van der Waals surface area contributed by atoms with Crippen LogP contribution in [0.3, 0.4) is 0 Å². The summed E-state index contributed by atoms with van der Waals surface area (Å²) in [5, 5.41) is 11.9. The molecule has 1 amide bonds. The zero-order valence-electron chi connectivity index (χ0n) is 9.73. The van der Waals surface area contributed by atoms with Crippen molar-refractivity contribution in [1.82, 2.24) is 10.3 Å². The van der Waals surface area contributed by atoms with Crippen molar-refractivity contribution in [3.8, 4) is 0 Å². The number of nitrogens with zero attached hydrogens (tertiary/aromatic N) is 1. The average molecular weight is 234 g/mol. The summed E-state index contributed by atoms with van der Waals surface area (Å²) in [5.41, 5.74) is 2.23. The molecule has 0 fully saturated rings. The number of carbonyl (C=O) groups excluding carboxylic acids is 1. The first-order chi connectivity index (χ1) is 8.10. The number of carbonyl (C=O) groups is 1. The average Bonchev–Trinajstić information content (AvgIpc) is 2.64. The Morgan fingerprint density at radius 2 is 2.35 bits per heavy atom. The molecule has 1 atom stereocenters. The highest BCUT2D eigenvalue weighted by molar-refractivity contribution is 5.75. The van der Waals surface area contributed by atoms with Crippen LogP contribution in [0.2, 0.25) is 0 Å². The van der Waals surface area contributed by atoms with E-state index in [4.69, 9.17) is 4.42 Å². The van der Waals surface area contributed by atoms with Gasteiger partial charge in [-0.1, -0.05) is 6.07 Å². The van der Waals surface area contributed by atoms with Crippen LogP contribution in [0, 0.1) is 6.92 Å². The summed E-state index contributed by atoms with van der Waals surface area (Å²) in [6.45, 7) is 3.04. The maximum absolute atomic E-state index is 11.0. The second kappa shape index (κ2) is 4.55. The van der Waals surface area contributed by atoms with Crippen molar-refractivity contribution in [3.63, 3.8) is 0 Å². The number of oxazole rings is 1. The first-order valence-electron chi connectivity index (χ1n) is 5.35. The van der Waals surface area contributed by atoms with Crippen molar-refractivity contribution in [2.45, 2.75) is 19.9 Å². The van der Waals surface area contributed by atoms with Gasteiger partial charge in [0.15, 0.2) is 11.5 Å². The van der Waals surface area contributed by atoms with Crippen LogP contribution < -0.4 is 5.32 Å². The summed E-state index contributed by atoms with van der Waals surface area (Å²) < 4.78 is 5.36. The van der Waals surface area contributed by atoms with Crippen LogP contribution in [0.15, 0.2) is 22.6 Å². The molecule has 90 valence electrons. The molecule has 0 spiro atoms. The Kier molecular flexibility index (Phi) is 3.10. The standard InChI is InChI=1S/C12H14N2O3/c1-7(16)13-11(6-15)9-3-4-12-10(5-9)14-8(2)17-12/h3-5,11,15H,6H2,1-2H3,(H,13,16). The summed E-state index contributed by atoms with van der Waals surface area (Å²) in [4.78, 5) is 15.2. The number of rotatable bonds is 3. The van der Waals surface area contributed by atoms with E-state index in [1.54, 1.807) is 13.0 Å². The van der Waals surface area contributed by atoms with Gasteiger partial charge in [-0.25, -0.2) is 4.98 Å². The number of aliphatic hydroxyl groups excluding tert-OH is 1. The van der Waals surface area contributed by atoms with E-state index in [-0.39, 0.29) is 12.5 Å². The molecule has 0 aliphatic rings. The van der Waals surface area contributed by atoms with E-state index < -0.39 is 6.04 Å². The van der Waals surface area contributed by atoms with Crippen LogP contribution in [0.25, 0.3) is 11.1 Å². The third-order valence-corrected chi connectivity index (χ3v) is 2.48. The van der Waals surface area contributed by atoms with Crippen LogP contribution in [0.1, 0.15) is 24.4 Å². The molecule has 1 aromatic carbocycles. The molecular formula is C12H14N2O3. The minimum atomic E-state index is -0.408. The minimum absolute atomic E-state index is 0.151. The van der Waals surface area contributed by atoms with E-state index in [9.17, 15) is 9.90 Å². The van der Waals surface area contributed by atoms with Crippen LogP contribution in [0.4, 0.5) is 0 Å². The van der Waals surface area contributed by atoms with Crippen molar-refractivity contribution in [3.05, 3.63) is 29.7 Å². The highest BCUT2D eigenvalue weighted by Gasteiger charge is 2.13. The number of hydrogen-bond acceptors (Lipinski definition) is 4. The fraction of sp³-hybridized carbons (Fsp3) is 0.333. The molecule has 0 saturated heterocycles. The van der Waals surface area contributed by atoms with Crippen LogP contribution in [0.5, 0.6) is 0 Å². The predicted octanol–water partition coefficient (Wildman–Crippen LogP) is 1.31. The maximum atomic E-state index is 11.0. The molecule has 0 radical (unpaired) electrons. The Morgan fingerprint density at radius 3 is 3.00 bits per heavy atom. The molecule has 2 aromatic rings. The molecule has 2 N–H and O–H groups in total. The molecule has 17 heavy (non-hydrogen) atoms. The lowest BCUT2D eigenvalue weighted by atomic mass is 10.1. The lowest BCUT2D eigenvalue weighted by molar-refractivity contribution is -0.120. The van der Waals surface area contributed by atoms with Gasteiger partial charge in [-0.05, 0) is 17.7 Å². The number of aryl methyl sites for hydroxylation is 1. The van der Waals surface area contributed by atoms with Gasteiger partial charge in [0, 0.05) is 13.8 Å². The Hall–Kier alpha value is -1.88. The molecule has 1 aromatic heterocycles. The quantitative estimate of drug-likeness (QED) is 0.839. The first kappa shape index (κ1) is 11.6. The predicted molar refractivity (Wildman–Crippen MR) is 62.4 cm³/mol. The Balaban J connectivity index is 2.36.